The van der Waals surface area contributed by atoms with Gasteiger partial charge in [-0.25, -0.2) is 10.2 Å². The number of carbonyl (C=O) groups is 3. The summed E-state index contributed by atoms with van der Waals surface area (Å²) in [6.07, 6.45) is 2.93. The first-order valence-corrected chi connectivity index (χ1v) is 10.5. The number of nitrogens with zero attached hydrogens (tertiary/aromatic N) is 1. The molecule has 0 saturated carbocycles. The van der Waals surface area contributed by atoms with Crippen LogP contribution in [-0.4, -0.2) is 37.9 Å². The Morgan fingerprint density at radius 2 is 1.60 bits per heavy atom. The minimum atomic E-state index is -0.630. The second-order valence-electron chi connectivity index (χ2n) is 7.30. The van der Waals surface area contributed by atoms with Crippen LogP contribution in [-0.2, 0) is 9.53 Å². The first kappa shape index (κ1) is 23.2. The lowest BCUT2D eigenvalue weighted by molar-refractivity contribution is -0.117. The van der Waals surface area contributed by atoms with Gasteiger partial charge in [0.2, 0.25) is 6.79 Å². The average Bonchev–Trinajstić information content (AvgIpc) is 3.36. The fourth-order valence-electron chi connectivity index (χ4n) is 3.16. The van der Waals surface area contributed by atoms with Gasteiger partial charge in [-0.3, -0.25) is 9.59 Å². The van der Waals surface area contributed by atoms with Crippen LogP contribution in [0.1, 0.15) is 31.8 Å². The van der Waals surface area contributed by atoms with E-state index in [0.717, 1.165) is 0 Å². The van der Waals surface area contributed by atoms with Gasteiger partial charge in [0.15, 0.2) is 11.5 Å². The van der Waals surface area contributed by atoms with Crippen molar-refractivity contribution in [3.8, 4) is 11.5 Å². The normalized spacial score (nSPS) is 12.3. The lowest BCUT2D eigenvalue weighted by Crippen LogP contribution is -2.32. The molecule has 0 aromatic heterocycles. The lowest BCUT2D eigenvalue weighted by Gasteiger charge is -2.09. The summed E-state index contributed by atoms with van der Waals surface area (Å²) in [7, 11) is 1.30. The second kappa shape index (κ2) is 10.8. The summed E-state index contributed by atoms with van der Waals surface area (Å²) in [5.41, 5.74) is 4.45. The highest BCUT2D eigenvalue weighted by molar-refractivity contribution is 6.05. The molecule has 176 valence electrons. The molecular formula is C26H21N3O6. The number of carbonyl (C=O) groups excluding carboxylic acids is 3. The van der Waals surface area contributed by atoms with Crippen molar-refractivity contribution in [1.29, 1.82) is 0 Å². The van der Waals surface area contributed by atoms with Crippen molar-refractivity contribution in [3.63, 3.8) is 0 Å². The number of benzene rings is 3. The smallest absolute Gasteiger partial charge is 0.337 e. The summed E-state index contributed by atoms with van der Waals surface area (Å²) in [4.78, 5) is 37.1. The molecule has 0 atom stereocenters. The van der Waals surface area contributed by atoms with Crippen molar-refractivity contribution >= 4 is 30.1 Å². The van der Waals surface area contributed by atoms with Crippen LogP contribution < -0.4 is 20.2 Å². The van der Waals surface area contributed by atoms with Gasteiger partial charge in [0.1, 0.15) is 5.70 Å². The van der Waals surface area contributed by atoms with Crippen LogP contribution in [0.25, 0.3) is 6.08 Å². The predicted molar refractivity (Wildman–Crippen MR) is 128 cm³/mol. The first-order valence-electron chi connectivity index (χ1n) is 10.5. The number of esters is 1. The van der Waals surface area contributed by atoms with Crippen LogP contribution in [0, 0.1) is 0 Å². The van der Waals surface area contributed by atoms with E-state index in [4.69, 9.17) is 9.47 Å². The Balaban J connectivity index is 1.52. The van der Waals surface area contributed by atoms with Gasteiger partial charge in [0.05, 0.1) is 18.9 Å². The van der Waals surface area contributed by atoms with Crippen LogP contribution in [0.2, 0.25) is 0 Å². The van der Waals surface area contributed by atoms with Gasteiger partial charge in [-0.15, -0.1) is 0 Å². The van der Waals surface area contributed by atoms with E-state index < -0.39 is 17.8 Å². The van der Waals surface area contributed by atoms with Gasteiger partial charge in [0, 0.05) is 5.56 Å². The van der Waals surface area contributed by atoms with Crippen molar-refractivity contribution in [2.75, 3.05) is 13.9 Å². The number of ether oxygens (including phenoxy) is 3. The zero-order valence-electron chi connectivity index (χ0n) is 18.7. The van der Waals surface area contributed by atoms with Crippen molar-refractivity contribution in [2.45, 2.75) is 0 Å². The highest BCUT2D eigenvalue weighted by Crippen LogP contribution is 2.33. The Labute approximate surface area is 201 Å². The topological polar surface area (TPSA) is 115 Å². The quantitative estimate of drug-likeness (QED) is 0.237. The molecule has 0 radical (unpaired) electrons. The number of hydrogen-bond donors (Lipinski definition) is 2. The van der Waals surface area contributed by atoms with E-state index in [9.17, 15) is 14.4 Å². The molecule has 0 spiro atoms. The number of amides is 2. The molecular weight excluding hydrogens is 450 g/mol. The van der Waals surface area contributed by atoms with E-state index in [1.807, 2.05) is 0 Å². The summed E-state index contributed by atoms with van der Waals surface area (Å²) in [6.45, 7) is 0.121. The van der Waals surface area contributed by atoms with Crippen molar-refractivity contribution in [2.24, 2.45) is 5.10 Å². The van der Waals surface area contributed by atoms with Gasteiger partial charge in [0.25, 0.3) is 11.8 Å². The van der Waals surface area contributed by atoms with Gasteiger partial charge in [-0.2, -0.15) is 5.10 Å². The summed E-state index contributed by atoms with van der Waals surface area (Å²) in [5.74, 6) is -0.385. The largest absolute Gasteiger partial charge is 0.465 e. The number of hydrogen-bond acceptors (Lipinski definition) is 7. The molecule has 3 aromatic rings. The fourth-order valence-corrected chi connectivity index (χ4v) is 3.16. The molecule has 2 N–H and O–H groups in total. The maximum absolute atomic E-state index is 12.9. The fraction of sp³-hybridized carbons (Fsp3) is 0.0769. The van der Waals surface area contributed by atoms with Gasteiger partial charge in [-0.05, 0) is 53.6 Å². The second-order valence-corrected chi connectivity index (χ2v) is 7.30. The maximum Gasteiger partial charge on any atom is 0.337 e. The Kier molecular flexibility index (Phi) is 7.17. The molecule has 0 aliphatic carbocycles. The Morgan fingerprint density at radius 1 is 0.886 bits per heavy atom. The molecule has 1 aliphatic rings. The van der Waals surface area contributed by atoms with E-state index in [0.29, 0.717) is 33.8 Å². The molecule has 1 aliphatic heterocycles. The highest BCUT2D eigenvalue weighted by Gasteiger charge is 2.17. The van der Waals surface area contributed by atoms with Gasteiger partial charge >= 0.3 is 5.97 Å². The van der Waals surface area contributed by atoms with Crippen LogP contribution in [0.5, 0.6) is 11.5 Å². The van der Waals surface area contributed by atoms with E-state index in [1.54, 1.807) is 72.8 Å². The number of methoxy groups -OCH3 is 1. The summed E-state index contributed by atoms with van der Waals surface area (Å²) < 4.78 is 15.4. The molecule has 3 aromatic carbocycles. The Hall–Kier alpha value is -4.92. The molecule has 35 heavy (non-hydrogen) atoms. The molecule has 4 rings (SSSR count). The zero-order chi connectivity index (χ0) is 24.6. The molecule has 0 bridgehead atoms. The van der Waals surface area contributed by atoms with E-state index in [1.165, 1.54) is 19.4 Å². The number of hydrazone groups is 1. The lowest BCUT2D eigenvalue weighted by atomic mass is 10.1. The first-order chi connectivity index (χ1) is 17.0. The monoisotopic (exact) mass is 471 g/mol. The maximum atomic E-state index is 12.9. The van der Waals surface area contributed by atoms with Gasteiger partial charge in [-0.1, -0.05) is 36.4 Å². The van der Waals surface area contributed by atoms with Crippen molar-refractivity contribution in [3.05, 3.63) is 101 Å². The van der Waals surface area contributed by atoms with Crippen molar-refractivity contribution < 1.29 is 28.6 Å². The Bertz CT molecular complexity index is 1300. The summed E-state index contributed by atoms with van der Waals surface area (Å²) in [6, 6.07) is 20.2. The molecule has 1 heterocycles. The molecule has 9 heteroatoms. The van der Waals surface area contributed by atoms with Crippen LogP contribution in [0.15, 0.2) is 83.6 Å². The highest BCUT2D eigenvalue weighted by atomic mass is 16.7. The van der Waals surface area contributed by atoms with Crippen LogP contribution >= 0.6 is 0 Å². The number of rotatable bonds is 7. The zero-order valence-corrected chi connectivity index (χ0v) is 18.7. The van der Waals surface area contributed by atoms with Crippen molar-refractivity contribution in [1.82, 2.24) is 10.7 Å². The van der Waals surface area contributed by atoms with E-state index in [2.05, 4.69) is 20.6 Å². The third kappa shape index (κ3) is 5.91. The van der Waals surface area contributed by atoms with Crippen LogP contribution in [0.4, 0.5) is 0 Å². The Morgan fingerprint density at radius 3 is 2.34 bits per heavy atom. The minimum Gasteiger partial charge on any atom is -0.465 e. The summed E-state index contributed by atoms with van der Waals surface area (Å²) in [5, 5.41) is 6.60. The summed E-state index contributed by atoms with van der Waals surface area (Å²) >= 11 is 0. The standard InChI is InChI=1S/C26H21N3O6/c1-33-26(32)20-10-7-17(8-11-20)15-27-29-25(31)21(28-24(30)19-5-3-2-4-6-19)13-18-9-12-22-23(14-18)35-16-34-22/h2-15H,16H2,1H3,(H,28,30)(H,29,31)/b21-13+,27-15-. The van der Waals surface area contributed by atoms with E-state index >= 15 is 0 Å². The number of nitrogens with one attached hydrogen (secondary N) is 2. The van der Waals surface area contributed by atoms with E-state index in [-0.39, 0.29) is 12.5 Å². The molecule has 0 unspecified atom stereocenters. The third-order valence-corrected chi connectivity index (χ3v) is 4.95. The molecule has 9 nitrogen and oxygen atoms in total. The number of fused-ring (bicyclic) bond motifs is 1. The molecule has 0 saturated heterocycles. The SMILES string of the molecule is COC(=O)c1ccc(/C=N\NC(=O)/C(=C\c2ccc3c(c2)OCO3)NC(=O)c2ccccc2)cc1. The third-order valence-electron chi connectivity index (χ3n) is 4.95. The predicted octanol–water partition coefficient (Wildman–Crippen LogP) is 3.12. The van der Waals surface area contributed by atoms with Gasteiger partial charge < -0.3 is 19.5 Å². The molecule has 0 fully saturated rings. The molecule has 2 amide bonds. The average molecular weight is 471 g/mol. The minimum absolute atomic E-state index is 0.0177. The van der Waals surface area contributed by atoms with Crippen LogP contribution in [0.3, 0.4) is 0 Å².